The average molecular weight is 506 g/mol. The fraction of sp³-hybridized carbons (Fsp3) is 0.136. The van der Waals surface area contributed by atoms with Crippen molar-refractivity contribution in [3.8, 4) is 5.75 Å². The first-order valence-corrected chi connectivity index (χ1v) is 13.1. The van der Waals surface area contributed by atoms with Crippen molar-refractivity contribution in [1.29, 1.82) is 0 Å². The number of benzene rings is 2. The van der Waals surface area contributed by atoms with Crippen LogP contribution < -0.4 is 26.0 Å². The molecule has 0 spiro atoms. The lowest BCUT2D eigenvalue weighted by Crippen LogP contribution is -2.11. The first kappa shape index (κ1) is 24.6. The maximum atomic E-state index is 12.7. The fourth-order valence-corrected chi connectivity index (χ4v) is 4.34. The summed E-state index contributed by atoms with van der Waals surface area (Å²) in [6, 6.07) is 12.3. The van der Waals surface area contributed by atoms with Gasteiger partial charge in [-0.05, 0) is 43.7 Å². The van der Waals surface area contributed by atoms with E-state index in [2.05, 4.69) is 25.9 Å². The number of halogens is 2. The first-order valence-electron chi connectivity index (χ1n) is 9.68. The van der Waals surface area contributed by atoms with E-state index in [1.54, 1.807) is 37.6 Å². The summed E-state index contributed by atoms with van der Waals surface area (Å²) in [7, 11) is -1.01. The molecule has 1 amide bonds. The summed E-state index contributed by atoms with van der Waals surface area (Å²) < 4.78 is 18.1. The van der Waals surface area contributed by atoms with E-state index in [1.807, 2.05) is 18.2 Å². The van der Waals surface area contributed by atoms with Crippen LogP contribution in [0.5, 0.6) is 5.75 Å². The van der Waals surface area contributed by atoms with Gasteiger partial charge in [0.15, 0.2) is 5.82 Å². The molecule has 1 heterocycles. The molecule has 3 N–H and O–H groups in total. The molecule has 3 aromatic rings. The minimum absolute atomic E-state index is 0.234. The number of hydrogen-bond acceptors (Lipinski definition) is 7. The molecule has 8 nitrogen and oxygen atoms in total. The highest BCUT2D eigenvalue weighted by Crippen LogP contribution is 2.39. The smallest absolute Gasteiger partial charge is 0.249 e. The van der Waals surface area contributed by atoms with E-state index in [0.29, 0.717) is 39.0 Å². The van der Waals surface area contributed by atoms with Crippen molar-refractivity contribution in [3.05, 3.63) is 65.3 Å². The lowest BCUT2D eigenvalue weighted by molar-refractivity contribution is -0.111. The fourth-order valence-electron chi connectivity index (χ4n) is 2.94. The van der Waals surface area contributed by atoms with Crippen LogP contribution in [0.15, 0.2) is 60.3 Å². The molecule has 33 heavy (non-hydrogen) atoms. The third-order valence-electron chi connectivity index (χ3n) is 4.41. The van der Waals surface area contributed by atoms with E-state index in [4.69, 9.17) is 27.9 Å². The maximum Gasteiger partial charge on any atom is 0.249 e. The second-order valence-electron chi connectivity index (χ2n) is 7.21. The molecule has 0 saturated carbocycles. The number of ether oxygens (including phenoxy) is 1. The predicted octanol–water partition coefficient (Wildman–Crippen LogP) is 5.56. The van der Waals surface area contributed by atoms with Crippen molar-refractivity contribution in [2.24, 2.45) is 0 Å². The van der Waals surface area contributed by atoms with E-state index in [1.165, 1.54) is 19.4 Å². The highest BCUT2D eigenvalue weighted by molar-refractivity contribution is 7.70. The number of carbonyl (C=O) groups excluding carboxylic acids is 1. The standard InChI is InChI=1S/C22H22Cl2N5O3P/c1-32-18-9-8-14(26-20(30)10-11-23)12-17(18)28-22-25-13-15(24)21(29-22)27-16-6-4-5-7-19(16)33(2,3)31/h4-13H,1-3H3,(H,26,30)(H2,25,27,28,29)/b11-10+. The summed E-state index contributed by atoms with van der Waals surface area (Å²) in [5, 5.41) is 9.88. The molecule has 0 aliphatic carbocycles. The van der Waals surface area contributed by atoms with Crippen LogP contribution in [0.3, 0.4) is 0 Å². The van der Waals surface area contributed by atoms with Crippen molar-refractivity contribution in [2.75, 3.05) is 36.4 Å². The maximum absolute atomic E-state index is 12.7. The second kappa shape index (κ2) is 10.7. The van der Waals surface area contributed by atoms with Crippen LogP contribution in [0.2, 0.25) is 5.02 Å². The summed E-state index contributed by atoms with van der Waals surface area (Å²) in [4.78, 5) is 20.5. The molecule has 0 radical (unpaired) electrons. The lowest BCUT2D eigenvalue weighted by Gasteiger charge is -2.16. The number of carbonyl (C=O) groups is 1. The zero-order valence-electron chi connectivity index (χ0n) is 18.1. The minimum Gasteiger partial charge on any atom is -0.495 e. The van der Waals surface area contributed by atoms with Crippen LogP contribution in [0, 0.1) is 0 Å². The van der Waals surface area contributed by atoms with Crippen LogP contribution in [0.4, 0.5) is 28.8 Å². The van der Waals surface area contributed by atoms with Crippen molar-refractivity contribution in [1.82, 2.24) is 9.97 Å². The van der Waals surface area contributed by atoms with Crippen molar-refractivity contribution < 1.29 is 14.1 Å². The molecular formula is C22H22Cl2N5O3P. The van der Waals surface area contributed by atoms with Gasteiger partial charge in [-0.15, -0.1) is 0 Å². The number of hydrogen-bond donors (Lipinski definition) is 3. The zero-order valence-corrected chi connectivity index (χ0v) is 20.5. The Morgan fingerprint density at radius 1 is 1.12 bits per heavy atom. The first-order chi connectivity index (χ1) is 15.7. The molecule has 0 saturated heterocycles. The Bertz CT molecular complexity index is 1250. The summed E-state index contributed by atoms with van der Waals surface area (Å²) >= 11 is 11.8. The highest BCUT2D eigenvalue weighted by Gasteiger charge is 2.17. The van der Waals surface area contributed by atoms with Crippen LogP contribution >= 0.6 is 30.3 Å². The average Bonchev–Trinajstić information content (AvgIpc) is 2.76. The van der Waals surface area contributed by atoms with E-state index >= 15 is 0 Å². The molecule has 0 aliphatic rings. The van der Waals surface area contributed by atoms with Gasteiger partial charge in [0.05, 0.1) is 24.7 Å². The third-order valence-corrected chi connectivity index (χ3v) is 6.36. The molecule has 0 unspecified atom stereocenters. The topological polar surface area (TPSA) is 105 Å². The molecule has 0 atom stereocenters. The van der Waals surface area contributed by atoms with Crippen molar-refractivity contribution >= 4 is 70.4 Å². The molecule has 2 aromatic carbocycles. The van der Waals surface area contributed by atoms with Gasteiger partial charge >= 0.3 is 0 Å². The predicted molar refractivity (Wildman–Crippen MR) is 136 cm³/mol. The van der Waals surface area contributed by atoms with Gasteiger partial charge in [-0.25, -0.2) is 4.98 Å². The summed E-state index contributed by atoms with van der Waals surface area (Å²) in [6.45, 7) is 3.39. The van der Waals surface area contributed by atoms with E-state index in [9.17, 15) is 9.36 Å². The molecule has 0 bridgehead atoms. The molecule has 0 fully saturated rings. The van der Waals surface area contributed by atoms with Gasteiger partial charge in [-0.3, -0.25) is 4.79 Å². The van der Waals surface area contributed by atoms with Crippen molar-refractivity contribution in [2.45, 2.75) is 0 Å². The van der Waals surface area contributed by atoms with Crippen molar-refractivity contribution in [3.63, 3.8) is 0 Å². The number of aromatic nitrogens is 2. The minimum atomic E-state index is -2.54. The Morgan fingerprint density at radius 3 is 2.58 bits per heavy atom. The quantitative estimate of drug-likeness (QED) is 0.271. The molecule has 11 heteroatoms. The molecule has 172 valence electrons. The van der Waals surface area contributed by atoms with Gasteiger partial charge in [0.25, 0.3) is 0 Å². The zero-order chi connectivity index (χ0) is 24.0. The Morgan fingerprint density at radius 2 is 1.88 bits per heavy atom. The number of amides is 1. The second-order valence-corrected chi connectivity index (χ2v) is 11.0. The van der Waals surface area contributed by atoms with E-state index in [0.717, 1.165) is 5.54 Å². The van der Waals surface area contributed by atoms with Gasteiger partial charge in [-0.1, -0.05) is 35.3 Å². The normalized spacial score (nSPS) is 11.3. The highest BCUT2D eigenvalue weighted by atomic mass is 35.5. The largest absolute Gasteiger partial charge is 0.495 e. The van der Waals surface area contributed by atoms with Gasteiger partial charge in [-0.2, -0.15) is 4.98 Å². The van der Waals surface area contributed by atoms with Crippen LogP contribution in [0.25, 0.3) is 0 Å². The number of methoxy groups -OCH3 is 1. The number of rotatable bonds is 8. The van der Waals surface area contributed by atoms with Gasteiger partial charge < -0.3 is 25.3 Å². The van der Waals surface area contributed by atoms with Gasteiger partial charge in [0.2, 0.25) is 11.9 Å². The van der Waals surface area contributed by atoms with Gasteiger partial charge in [0.1, 0.15) is 17.9 Å². The number of nitrogens with zero attached hydrogens (tertiary/aromatic N) is 2. The Kier molecular flexibility index (Phi) is 7.97. The Hall–Kier alpha value is -3.06. The third kappa shape index (κ3) is 6.48. The van der Waals surface area contributed by atoms with E-state index < -0.39 is 7.14 Å². The van der Waals surface area contributed by atoms with Crippen LogP contribution in [0.1, 0.15) is 0 Å². The molecule has 1 aromatic heterocycles. The number of nitrogens with one attached hydrogen (secondary N) is 3. The monoisotopic (exact) mass is 505 g/mol. The Labute approximate surface area is 201 Å². The Balaban J connectivity index is 1.90. The molecule has 3 rings (SSSR count). The number of para-hydroxylation sites is 1. The van der Waals surface area contributed by atoms with Crippen LogP contribution in [-0.2, 0) is 9.36 Å². The molecular weight excluding hydrogens is 484 g/mol. The van der Waals surface area contributed by atoms with E-state index in [-0.39, 0.29) is 11.9 Å². The summed E-state index contributed by atoms with van der Waals surface area (Å²) in [6.07, 6.45) is 2.64. The van der Waals surface area contributed by atoms with Gasteiger partial charge in [0, 0.05) is 22.6 Å². The molecule has 0 aliphatic heterocycles. The van der Waals surface area contributed by atoms with Crippen LogP contribution in [-0.4, -0.2) is 36.3 Å². The SMILES string of the molecule is COc1ccc(NC(=O)/C=C/Cl)cc1Nc1ncc(Cl)c(Nc2ccccc2P(C)(C)=O)n1. The summed E-state index contributed by atoms with van der Waals surface area (Å²) in [5.41, 5.74) is 2.81. The summed E-state index contributed by atoms with van der Waals surface area (Å²) in [5.74, 6) is 0.707. The number of anilines is 5. The lowest BCUT2D eigenvalue weighted by atomic mass is 10.2.